The maximum absolute atomic E-state index is 12.8. The highest BCUT2D eigenvalue weighted by atomic mass is 35.5. The summed E-state index contributed by atoms with van der Waals surface area (Å²) >= 11 is 5.80. The Bertz CT molecular complexity index is 1050. The van der Waals surface area contributed by atoms with Crippen LogP contribution in [-0.4, -0.2) is 46.6 Å². The molecule has 0 bridgehead atoms. The molecule has 1 fully saturated rings. The number of ether oxygens (including phenoxy) is 1. The van der Waals surface area contributed by atoms with Crippen LogP contribution in [0.3, 0.4) is 0 Å². The zero-order valence-corrected chi connectivity index (χ0v) is 17.5. The van der Waals surface area contributed by atoms with Crippen molar-refractivity contribution in [2.75, 3.05) is 20.2 Å². The minimum Gasteiger partial charge on any atom is -0.496 e. The number of halogens is 1. The second-order valence-corrected chi connectivity index (χ2v) is 11.1. The third kappa shape index (κ3) is 3.59. The van der Waals surface area contributed by atoms with Crippen molar-refractivity contribution >= 4 is 31.5 Å². The first kappa shape index (κ1) is 20.1. The fraction of sp³-hybridized carbons (Fsp3) is 0.333. The lowest BCUT2D eigenvalue weighted by Crippen LogP contribution is -2.56. The van der Waals surface area contributed by atoms with E-state index in [4.69, 9.17) is 16.3 Å². The van der Waals surface area contributed by atoms with Gasteiger partial charge in [-0.1, -0.05) is 11.6 Å². The molecule has 27 heavy (non-hydrogen) atoms. The van der Waals surface area contributed by atoms with Gasteiger partial charge in [0.05, 0.1) is 22.2 Å². The van der Waals surface area contributed by atoms with Crippen LogP contribution in [0.25, 0.3) is 0 Å². The van der Waals surface area contributed by atoms with Gasteiger partial charge in [-0.05, 0) is 61.4 Å². The van der Waals surface area contributed by atoms with Gasteiger partial charge in [-0.15, -0.1) is 0 Å². The maximum Gasteiger partial charge on any atom is 0.243 e. The van der Waals surface area contributed by atoms with Crippen LogP contribution in [0.1, 0.15) is 11.1 Å². The van der Waals surface area contributed by atoms with Crippen LogP contribution < -0.4 is 4.74 Å². The number of nitrogens with zero attached hydrogens (tertiary/aromatic N) is 1. The molecule has 2 aromatic carbocycles. The van der Waals surface area contributed by atoms with Gasteiger partial charge in [0.25, 0.3) is 0 Å². The molecule has 0 spiro atoms. The fourth-order valence-electron chi connectivity index (χ4n) is 3.14. The van der Waals surface area contributed by atoms with Gasteiger partial charge in [-0.3, -0.25) is 0 Å². The number of hydrogen-bond acceptors (Lipinski definition) is 5. The number of aryl methyl sites for hydroxylation is 2. The molecule has 6 nitrogen and oxygen atoms in total. The van der Waals surface area contributed by atoms with Crippen molar-refractivity contribution in [3.8, 4) is 5.75 Å². The second kappa shape index (κ2) is 7.09. The Hall–Kier alpha value is -1.61. The molecule has 0 atom stereocenters. The summed E-state index contributed by atoms with van der Waals surface area (Å²) in [5.74, 6) is 0.640. The molecule has 3 rings (SSSR count). The van der Waals surface area contributed by atoms with Gasteiger partial charge in [0, 0.05) is 18.1 Å². The van der Waals surface area contributed by atoms with Crippen LogP contribution >= 0.6 is 11.6 Å². The molecule has 0 aromatic heterocycles. The summed E-state index contributed by atoms with van der Waals surface area (Å²) < 4.78 is 57.4. The Labute approximate surface area is 164 Å². The minimum atomic E-state index is -3.76. The minimum absolute atomic E-state index is 0.0720. The molecule has 1 aliphatic rings. The van der Waals surface area contributed by atoms with Crippen LogP contribution in [0.2, 0.25) is 5.02 Å². The van der Waals surface area contributed by atoms with Crippen molar-refractivity contribution in [2.45, 2.75) is 28.9 Å². The molecular weight excluding hydrogens is 410 g/mol. The van der Waals surface area contributed by atoms with Crippen LogP contribution in [0.4, 0.5) is 0 Å². The molecule has 0 saturated carbocycles. The van der Waals surface area contributed by atoms with Gasteiger partial charge < -0.3 is 4.74 Å². The average Bonchev–Trinajstić information content (AvgIpc) is 2.53. The maximum atomic E-state index is 12.8. The smallest absolute Gasteiger partial charge is 0.243 e. The quantitative estimate of drug-likeness (QED) is 0.730. The largest absolute Gasteiger partial charge is 0.496 e. The van der Waals surface area contributed by atoms with Gasteiger partial charge in [0.2, 0.25) is 10.0 Å². The number of methoxy groups -OCH3 is 1. The molecular formula is C18H20ClNO5S2. The van der Waals surface area contributed by atoms with Crippen molar-refractivity contribution < 1.29 is 21.6 Å². The number of sulfonamides is 1. The van der Waals surface area contributed by atoms with E-state index in [1.807, 2.05) is 0 Å². The van der Waals surface area contributed by atoms with Crippen molar-refractivity contribution in [1.29, 1.82) is 0 Å². The van der Waals surface area contributed by atoms with Crippen molar-refractivity contribution in [3.05, 3.63) is 52.5 Å². The number of sulfone groups is 1. The zero-order valence-electron chi connectivity index (χ0n) is 15.1. The van der Waals surface area contributed by atoms with Crippen molar-refractivity contribution in [1.82, 2.24) is 4.31 Å². The Morgan fingerprint density at radius 1 is 0.963 bits per heavy atom. The van der Waals surface area contributed by atoms with Crippen molar-refractivity contribution in [3.63, 3.8) is 0 Å². The summed E-state index contributed by atoms with van der Waals surface area (Å²) in [6.45, 7) is 3.40. The normalized spacial score (nSPS) is 16.1. The topological polar surface area (TPSA) is 80.8 Å². The zero-order chi connectivity index (χ0) is 20.0. The first-order valence-corrected chi connectivity index (χ1v) is 11.6. The molecule has 0 aliphatic carbocycles. The number of hydrogen-bond donors (Lipinski definition) is 0. The molecule has 1 saturated heterocycles. The summed E-state index contributed by atoms with van der Waals surface area (Å²) in [5.41, 5.74) is 1.42. The highest BCUT2D eigenvalue weighted by Gasteiger charge is 2.44. The molecule has 2 aromatic rings. The van der Waals surface area contributed by atoms with E-state index in [0.29, 0.717) is 21.9 Å². The summed E-state index contributed by atoms with van der Waals surface area (Å²) in [7, 11) is -5.84. The summed E-state index contributed by atoms with van der Waals surface area (Å²) in [6, 6.07) is 8.97. The Morgan fingerprint density at radius 3 is 1.96 bits per heavy atom. The van der Waals surface area contributed by atoms with Crippen LogP contribution in [0, 0.1) is 13.8 Å². The summed E-state index contributed by atoms with van der Waals surface area (Å²) in [4.78, 5) is 0.283. The van der Waals surface area contributed by atoms with E-state index in [2.05, 4.69) is 0 Å². The highest BCUT2D eigenvalue weighted by Crippen LogP contribution is 2.32. The van der Waals surface area contributed by atoms with E-state index < -0.39 is 25.1 Å². The van der Waals surface area contributed by atoms with E-state index >= 15 is 0 Å². The van der Waals surface area contributed by atoms with E-state index in [-0.39, 0.29) is 22.9 Å². The molecule has 1 aliphatic heterocycles. The lowest BCUT2D eigenvalue weighted by molar-refractivity contribution is 0.309. The third-order valence-corrected chi connectivity index (χ3v) is 8.84. The average molecular weight is 430 g/mol. The van der Waals surface area contributed by atoms with E-state index in [9.17, 15) is 16.8 Å². The Kier molecular flexibility index (Phi) is 5.28. The number of rotatable bonds is 5. The first-order chi connectivity index (χ1) is 12.6. The molecule has 0 N–H and O–H groups in total. The summed E-state index contributed by atoms with van der Waals surface area (Å²) in [5, 5.41) is -0.328. The Morgan fingerprint density at radius 2 is 1.48 bits per heavy atom. The van der Waals surface area contributed by atoms with Gasteiger partial charge in [-0.2, -0.15) is 4.31 Å². The molecule has 146 valence electrons. The van der Waals surface area contributed by atoms with Crippen molar-refractivity contribution in [2.24, 2.45) is 0 Å². The van der Waals surface area contributed by atoms with Crippen LogP contribution in [0.15, 0.2) is 46.2 Å². The number of benzene rings is 2. The molecule has 0 amide bonds. The molecule has 1 heterocycles. The molecule has 0 radical (unpaired) electrons. The Balaban J connectivity index is 1.81. The van der Waals surface area contributed by atoms with Gasteiger partial charge in [-0.25, -0.2) is 16.8 Å². The second-order valence-electron chi connectivity index (χ2n) is 6.53. The van der Waals surface area contributed by atoms with E-state index in [1.165, 1.54) is 35.7 Å². The van der Waals surface area contributed by atoms with Crippen LogP contribution in [0.5, 0.6) is 5.75 Å². The van der Waals surface area contributed by atoms with Crippen LogP contribution in [-0.2, 0) is 19.9 Å². The third-order valence-electron chi connectivity index (χ3n) is 4.67. The van der Waals surface area contributed by atoms with Gasteiger partial charge in [0.1, 0.15) is 5.75 Å². The standard InChI is InChI=1S/C18H20ClNO5S2/c1-12-8-16(9-13(2)18(12)25-3)27(23,24)20-10-17(11-20)26(21,22)15-6-4-14(19)5-7-15/h4-9,17H,10-11H2,1-3H3. The molecule has 0 unspecified atom stereocenters. The van der Waals surface area contributed by atoms with Gasteiger partial charge in [0.15, 0.2) is 9.84 Å². The fourth-order valence-corrected chi connectivity index (χ4v) is 6.81. The van der Waals surface area contributed by atoms with E-state index in [1.54, 1.807) is 26.0 Å². The monoisotopic (exact) mass is 429 g/mol. The predicted octanol–water partition coefficient (Wildman–Crippen LogP) is 2.81. The first-order valence-electron chi connectivity index (χ1n) is 8.22. The highest BCUT2D eigenvalue weighted by molar-refractivity contribution is 7.92. The predicted molar refractivity (Wildman–Crippen MR) is 104 cm³/mol. The lowest BCUT2D eigenvalue weighted by atomic mass is 10.1. The SMILES string of the molecule is COc1c(C)cc(S(=O)(=O)N2CC(S(=O)(=O)c3ccc(Cl)cc3)C2)cc1C. The lowest BCUT2D eigenvalue weighted by Gasteiger charge is -2.37. The van der Waals surface area contributed by atoms with E-state index in [0.717, 1.165) is 0 Å². The molecule has 9 heteroatoms. The summed E-state index contributed by atoms with van der Waals surface area (Å²) in [6.07, 6.45) is 0. The van der Waals surface area contributed by atoms with Gasteiger partial charge >= 0.3 is 0 Å².